The van der Waals surface area contributed by atoms with E-state index in [2.05, 4.69) is 96.2 Å². The average Bonchev–Trinajstić information content (AvgIpc) is 3.48. The number of aromatic amines is 2. The molecule has 2 aromatic carbocycles. The fourth-order valence-electron chi connectivity index (χ4n) is 3.62. The number of nitrogens with zero attached hydrogens (tertiary/aromatic N) is 2. The van der Waals surface area contributed by atoms with Crippen LogP contribution in [0.5, 0.6) is 0 Å². The van der Waals surface area contributed by atoms with Gasteiger partial charge in [-0.1, -0.05) is 76.2 Å². The molecule has 32 heavy (non-hydrogen) atoms. The number of nitrogens with one attached hydrogen (secondary N) is 2. The van der Waals surface area contributed by atoms with Crippen molar-refractivity contribution < 1.29 is 0 Å². The molecule has 2 aromatic heterocycles. The Morgan fingerprint density at radius 2 is 0.875 bits per heavy atom. The van der Waals surface area contributed by atoms with Gasteiger partial charge in [-0.05, 0) is 34.1 Å². The van der Waals surface area contributed by atoms with Crippen LogP contribution in [0.4, 0.5) is 0 Å². The Morgan fingerprint density at radius 3 is 1.19 bits per heavy atom. The number of hydrogen-bond acceptors (Lipinski definition) is 4. The number of nitrogens with two attached hydrogens (primary N) is 2. The molecule has 4 rings (SSSR count). The lowest BCUT2D eigenvalue weighted by atomic mass is 10.0. The summed E-state index contributed by atoms with van der Waals surface area (Å²) >= 11 is 0. The predicted molar refractivity (Wildman–Crippen MR) is 131 cm³/mol. The van der Waals surface area contributed by atoms with Crippen LogP contribution in [0, 0.1) is 11.8 Å². The quantitative estimate of drug-likeness (QED) is 0.314. The zero-order valence-corrected chi connectivity index (χ0v) is 19.1. The largest absolute Gasteiger partial charge is 0.341 e. The zero-order valence-electron chi connectivity index (χ0n) is 19.1. The lowest BCUT2D eigenvalue weighted by Crippen LogP contribution is -2.18. The van der Waals surface area contributed by atoms with E-state index in [-0.39, 0.29) is 12.1 Å². The highest BCUT2D eigenvalue weighted by molar-refractivity contribution is 5.71. The molecular formula is C26H32N6. The summed E-state index contributed by atoms with van der Waals surface area (Å²) in [6.07, 6.45) is 3.70. The first-order chi connectivity index (χ1) is 15.3. The van der Waals surface area contributed by atoms with Crippen molar-refractivity contribution in [3.8, 4) is 33.6 Å². The van der Waals surface area contributed by atoms with Gasteiger partial charge in [0, 0.05) is 0 Å². The molecule has 2 atom stereocenters. The highest BCUT2D eigenvalue weighted by Gasteiger charge is 2.15. The van der Waals surface area contributed by atoms with E-state index in [1.165, 1.54) is 0 Å². The molecule has 6 heteroatoms. The van der Waals surface area contributed by atoms with E-state index >= 15 is 0 Å². The lowest BCUT2D eigenvalue weighted by molar-refractivity contribution is 0.494. The topological polar surface area (TPSA) is 109 Å². The SMILES string of the molecule is CC(C)[C@H](N)c1ncc(-c2ccc(-c3ccc(-c4cnc([C@@H](N)C(C)C)[nH]4)cc3)cc2)[nH]1. The predicted octanol–water partition coefficient (Wildman–Crippen LogP) is 5.45. The third kappa shape index (κ3) is 4.52. The van der Waals surface area contributed by atoms with E-state index in [9.17, 15) is 0 Å². The van der Waals surface area contributed by atoms with Crippen molar-refractivity contribution in [2.24, 2.45) is 23.3 Å². The standard InChI is InChI=1S/C26H32N6/c1-15(2)23(27)25-29-13-21(31-25)19-9-5-17(6-10-19)18-7-11-20(12-8-18)22-14-30-26(32-22)24(28)16(3)4/h5-16,23-24H,27-28H2,1-4H3,(H,29,31)(H,30,32)/t23-,24-/m0/s1. The van der Waals surface area contributed by atoms with Crippen LogP contribution in [0.3, 0.4) is 0 Å². The van der Waals surface area contributed by atoms with Crippen LogP contribution in [0.25, 0.3) is 33.6 Å². The van der Waals surface area contributed by atoms with Crippen LogP contribution in [0.2, 0.25) is 0 Å². The van der Waals surface area contributed by atoms with Crippen molar-refractivity contribution >= 4 is 0 Å². The van der Waals surface area contributed by atoms with Gasteiger partial charge in [-0.2, -0.15) is 0 Å². The maximum atomic E-state index is 6.21. The Morgan fingerprint density at radius 1 is 0.562 bits per heavy atom. The summed E-state index contributed by atoms with van der Waals surface area (Å²) in [6, 6.07) is 16.8. The fourth-order valence-corrected chi connectivity index (χ4v) is 3.62. The van der Waals surface area contributed by atoms with Gasteiger partial charge in [-0.15, -0.1) is 0 Å². The van der Waals surface area contributed by atoms with Crippen molar-refractivity contribution in [3.63, 3.8) is 0 Å². The smallest absolute Gasteiger partial charge is 0.123 e. The molecule has 0 fully saturated rings. The van der Waals surface area contributed by atoms with Gasteiger partial charge < -0.3 is 21.4 Å². The molecular weight excluding hydrogens is 396 g/mol. The number of rotatable bonds is 7. The second-order valence-electron chi connectivity index (χ2n) is 9.06. The molecule has 0 radical (unpaired) electrons. The van der Waals surface area contributed by atoms with Crippen LogP contribution in [0.15, 0.2) is 60.9 Å². The molecule has 0 aliphatic rings. The molecule has 0 unspecified atom stereocenters. The van der Waals surface area contributed by atoms with E-state index in [1.807, 2.05) is 12.4 Å². The van der Waals surface area contributed by atoms with E-state index in [0.717, 1.165) is 45.3 Å². The van der Waals surface area contributed by atoms with E-state index < -0.39 is 0 Å². The summed E-state index contributed by atoms with van der Waals surface area (Å²) in [5.41, 5.74) is 18.9. The molecule has 0 aliphatic heterocycles. The van der Waals surface area contributed by atoms with Crippen molar-refractivity contribution in [1.29, 1.82) is 0 Å². The first-order valence-corrected chi connectivity index (χ1v) is 11.2. The monoisotopic (exact) mass is 428 g/mol. The molecule has 0 spiro atoms. The first-order valence-electron chi connectivity index (χ1n) is 11.2. The molecule has 0 bridgehead atoms. The van der Waals surface area contributed by atoms with Crippen molar-refractivity contribution in [2.75, 3.05) is 0 Å². The molecule has 0 saturated heterocycles. The maximum Gasteiger partial charge on any atom is 0.123 e. The first kappa shape index (κ1) is 22.0. The van der Waals surface area contributed by atoms with Gasteiger partial charge in [0.15, 0.2) is 0 Å². The molecule has 6 N–H and O–H groups in total. The third-order valence-electron chi connectivity index (χ3n) is 5.98. The van der Waals surface area contributed by atoms with Gasteiger partial charge in [0.05, 0.1) is 35.9 Å². The molecule has 4 aromatic rings. The summed E-state index contributed by atoms with van der Waals surface area (Å²) in [4.78, 5) is 15.6. The van der Waals surface area contributed by atoms with Crippen molar-refractivity contribution in [1.82, 2.24) is 19.9 Å². The van der Waals surface area contributed by atoms with Gasteiger partial charge in [0.1, 0.15) is 11.6 Å². The van der Waals surface area contributed by atoms with E-state index in [1.54, 1.807) is 0 Å². The van der Waals surface area contributed by atoms with E-state index in [0.29, 0.717) is 11.8 Å². The number of imidazole rings is 2. The Kier molecular flexibility index (Phi) is 6.26. The number of aromatic nitrogens is 4. The second-order valence-corrected chi connectivity index (χ2v) is 9.06. The second kappa shape index (κ2) is 9.10. The van der Waals surface area contributed by atoms with Gasteiger partial charge in [0.2, 0.25) is 0 Å². The number of benzene rings is 2. The Hall–Kier alpha value is -3.22. The average molecular weight is 429 g/mol. The summed E-state index contributed by atoms with van der Waals surface area (Å²) in [6.45, 7) is 8.38. The van der Waals surface area contributed by atoms with Crippen LogP contribution < -0.4 is 11.5 Å². The molecule has 166 valence electrons. The van der Waals surface area contributed by atoms with Crippen molar-refractivity contribution in [2.45, 2.75) is 39.8 Å². The Labute approximate surface area is 189 Å². The van der Waals surface area contributed by atoms with Crippen LogP contribution in [0.1, 0.15) is 51.4 Å². The van der Waals surface area contributed by atoms with Gasteiger partial charge in [-0.3, -0.25) is 0 Å². The molecule has 0 amide bonds. The van der Waals surface area contributed by atoms with Gasteiger partial charge in [0.25, 0.3) is 0 Å². The Balaban J connectivity index is 1.49. The highest BCUT2D eigenvalue weighted by atomic mass is 15.0. The normalized spacial score (nSPS) is 13.6. The van der Waals surface area contributed by atoms with Gasteiger partial charge in [-0.25, -0.2) is 9.97 Å². The zero-order chi connectivity index (χ0) is 22.8. The van der Waals surface area contributed by atoms with Crippen LogP contribution >= 0.6 is 0 Å². The summed E-state index contributed by atoms with van der Waals surface area (Å²) in [5, 5.41) is 0. The Bertz CT molecular complexity index is 1060. The molecule has 6 nitrogen and oxygen atoms in total. The molecule has 0 aliphatic carbocycles. The number of H-pyrrole nitrogens is 2. The van der Waals surface area contributed by atoms with Crippen LogP contribution in [-0.4, -0.2) is 19.9 Å². The van der Waals surface area contributed by atoms with Crippen LogP contribution in [-0.2, 0) is 0 Å². The van der Waals surface area contributed by atoms with Gasteiger partial charge >= 0.3 is 0 Å². The minimum atomic E-state index is -0.0893. The fraction of sp³-hybridized carbons (Fsp3) is 0.308. The molecule has 0 saturated carbocycles. The minimum Gasteiger partial charge on any atom is -0.341 e. The lowest BCUT2D eigenvalue weighted by Gasteiger charge is -2.12. The number of hydrogen-bond donors (Lipinski definition) is 4. The molecule has 2 heterocycles. The van der Waals surface area contributed by atoms with Crippen molar-refractivity contribution in [3.05, 3.63) is 72.6 Å². The summed E-state index contributed by atoms with van der Waals surface area (Å²) in [5.74, 6) is 2.32. The maximum absolute atomic E-state index is 6.21. The third-order valence-corrected chi connectivity index (χ3v) is 5.98. The summed E-state index contributed by atoms with van der Waals surface area (Å²) < 4.78 is 0. The van der Waals surface area contributed by atoms with E-state index in [4.69, 9.17) is 11.5 Å². The summed E-state index contributed by atoms with van der Waals surface area (Å²) in [7, 11) is 0. The minimum absolute atomic E-state index is 0.0893. The highest BCUT2D eigenvalue weighted by Crippen LogP contribution is 2.28.